The van der Waals surface area contributed by atoms with Crippen LogP contribution in [0.25, 0.3) is 0 Å². The minimum atomic E-state index is -4.56. The van der Waals surface area contributed by atoms with Crippen molar-refractivity contribution in [1.29, 1.82) is 0 Å². The average Bonchev–Trinajstić information content (AvgIpc) is 2.47. The van der Waals surface area contributed by atoms with Gasteiger partial charge in [0.15, 0.2) is 0 Å². The third-order valence-electron chi connectivity index (χ3n) is 3.09. The van der Waals surface area contributed by atoms with Crippen LogP contribution in [0.3, 0.4) is 0 Å². The van der Waals surface area contributed by atoms with E-state index in [0.29, 0.717) is 10.6 Å². The van der Waals surface area contributed by atoms with Gasteiger partial charge in [0.05, 0.1) is 10.8 Å². The van der Waals surface area contributed by atoms with Crippen LogP contribution >= 0.6 is 11.8 Å². The summed E-state index contributed by atoms with van der Waals surface area (Å²) in [6, 6.07) is 11.4. The number of benzene rings is 2. The summed E-state index contributed by atoms with van der Waals surface area (Å²) in [6.45, 7) is -0.609. The highest BCUT2D eigenvalue weighted by Gasteiger charge is 2.36. The maximum atomic E-state index is 13.1. The number of rotatable bonds is 5. The summed E-state index contributed by atoms with van der Waals surface area (Å²) in [5.41, 5.74) is 5.12. The van der Waals surface area contributed by atoms with Crippen molar-refractivity contribution in [3.8, 4) is 0 Å². The Balaban J connectivity index is 2.39. The minimum absolute atomic E-state index is 0.0986. The Bertz CT molecular complexity index is 690. The number of halogens is 3. The van der Waals surface area contributed by atoms with Gasteiger partial charge in [-0.1, -0.05) is 18.2 Å². The fourth-order valence-electron chi connectivity index (χ4n) is 2.08. The summed E-state index contributed by atoms with van der Waals surface area (Å²) in [6.07, 6.45) is -4.56. The van der Waals surface area contributed by atoms with Crippen LogP contribution in [0.4, 0.5) is 18.9 Å². The molecule has 0 saturated heterocycles. The van der Waals surface area contributed by atoms with Gasteiger partial charge in [0, 0.05) is 15.5 Å². The molecule has 23 heavy (non-hydrogen) atoms. The van der Waals surface area contributed by atoms with E-state index in [1.54, 1.807) is 24.3 Å². The van der Waals surface area contributed by atoms with Crippen molar-refractivity contribution in [3.63, 3.8) is 0 Å². The Hall–Kier alpha value is -2.22. The monoisotopic (exact) mass is 342 g/mol. The number of hydrogen-bond acceptors (Lipinski definition) is 4. The average molecular weight is 342 g/mol. The van der Waals surface area contributed by atoms with E-state index < -0.39 is 28.5 Å². The molecule has 0 heterocycles. The number of anilines is 1. The summed E-state index contributed by atoms with van der Waals surface area (Å²) in [4.78, 5) is 10.9. The highest BCUT2D eigenvalue weighted by atomic mass is 32.2. The Morgan fingerprint density at radius 3 is 2.30 bits per heavy atom. The predicted molar refractivity (Wildman–Crippen MR) is 82.8 cm³/mol. The summed E-state index contributed by atoms with van der Waals surface area (Å²) < 4.78 is 39.4. The molecule has 0 fully saturated rings. The highest BCUT2D eigenvalue weighted by molar-refractivity contribution is 7.99. The third-order valence-corrected chi connectivity index (χ3v) is 4.32. The van der Waals surface area contributed by atoms with Gasteiger partial charge in [0.2, 0.25) is 6.54 Å². The lowest BCUT2D eigenvalue weighted by Gasteiger charge is -2.18. The lowest BCUT2D eigenvalue weighted by Crippen LogP contribution is -2.16. The minimum Gasteiger partial charge on any atom is -0.399 e. The van der Waals surface area contributed by atoms with E-state index in [-0.39, 0.29) is 5.56 Å². The fourth-order valence-corrected chi connectivity index (χ4v) is 3.23. The van der Waals surface area contributed by atoms with Crippen LogP contribution in [-0.4, -0.2) is 11.5 Å². The molecule has 2 rings (SSSR count). The largest absolute Gasteiger partial charge is 0.416 e. The van der Waals surface area contributed by atoms with Crippen LogP contribution < -0.4 is 5.73 Å². The molecule has 0 spiro atoms. The molecule has 0 aromatic heterocycles. The van der Waals surface area contributed by atoms with Gasteiger partial charge >= 0.3 is 6.18 Å². The molecule has 2 N–H and O–H groups in total. The van der Waals surface area contributed by atoms with E-state index in [1.165, 1.54) is 18.2 Å². The molecule has 4 nitrogen and oxygen atoms in total. The molecule has 0 radical (unpaired) electrons. The molecule has 0 aliphatic rings. The second kappa shape index (κ2) is 6.91. The molecular weight excluding hydrogens is 329 g/mol. The van der Waals surface area contributed by atoms with Gasteiger partial charge in [0.25, 0.3) is 0 Å². The van der Waals surface area contributed by atoms with E-state index in [0.717, 1.165) is 17.8 Å². The Kier molecular flexibility index (Phi) is 5.15. The maximum Gasteiger partial charge on any atom is 0.416 e. The van der Waals surface area contributed by atoms with E-state index in [1.807, 2.05) is 0 Å². The molecular formula is C15H13F3N2O2S. The van der Waals surface area contributed by atoms with E-state index in [4.69, 9.17) is 5.73 Å². The van der Waals surface area contributed by atoms with Crippen molar-refractivity contribution in [2.24, 2.45) is 0 Å². The van der Waals surface area contributed by atoms with Gasteiger partial charge in [-0.3, -0.25) is 10.1 Å². The van der Waals surface area contributed by atoms with Gasteiger partial charge in [-0.15, -0.1) is 11.8 Å². The lowest BCUT2D eigenvalue weighted by molar-refractivity contribution is -0.479. The quantitative estimate of drug-likeness (QED) is 0.378. The smallest absolute Gasteiger partial charge is 0.399 e. The standard InChI is InChI=1S/C15H13F3N2O2S/c16-15(17,18)13-4-2-1-3-12(13)14(9-20(21)22)23-11-7-5-10(19)6-8-11/h1-8,14H,9,19H2/t14-/m0/s1. The topological polar surface area (TPSA) is 69.2 Å². The molecule has 0 aliphatic carbocycles. The summed E-state index contributed by atoms with van der Waals surface area (Å²) in [5, 5.41) is 9.93. The molecule has 0 amide bonds. The molecule has 2 aromatic rings. The number of nitrogens with zero attached hydrogens (tertiary/aromatic N) is 1. The zero-order valence-electron chi connectivity index (χ0n) is 11.8. The number of thioether (sulfide) groups is 1. The number of nitrogens with two attached hydrogens (primary N) is 1. The first-order valence-electron chi connectivity index (χ1n) is 6.57. The van der Waals surface area contributed by atoms with Crippen molar-refractivity contribution in [1.82, 2.24) is 0 Å². The second-order valence-electron chi connectivity index (χ2n) is 4.78. The summed E-state index contributed by atoms with van der Waals surface area (Å²) >= 11 is 1.01. The number of nitro groups is 1. The maximum absolute atomic E-state index is 13.1. The molecule has 0 bridgehead atoms. The zero-order chi connectivity index (χ0) is 17.0. The van der Waals surface area contributed by atoms with Crippen LogP contribution in [0.5, 0.6) is 0 Å². The first-order valence-corrected chi connectivity index (χ1v) is 7.45. The molecule has 1 atom stereocenters. The Morgan fingerprint density at radius 2 is 1.74 bits per heavy atom. The van der Waals surface area contributed by atoms with Crippen LogP contribution in [0.15, 0.2) is 53.4 Å². The first kappa shape index (κ1) is 17.1. The lowest BCUT2D eigenvalue weighted by atomic mass is 10.0. The first-order chi connectivity index (χ1) is 10.8. The molecule has 122 valence electrons. The van der Waals surface area contributed by atoms with Gasteiger partial charge in [-0.05, 0) is 35.9 Å². The van der Waals surface area contributed by atoms with Gasteiger partial charge in [-0.25, -0.2) is 0 Å². The van der Waals surface area contributed by atoms with E-state index in [2.05, 4.69) is 0 Å². The fraction of sp³-hybridized carbons (Fsp3) is 0.200. The predicted octanol–water partition coefficient (Wildman–Crippen LogP) is 4.40. The van der Waals surface area contributed by atoms with Crippen LogP contribution in [0.2, 0.25) is 0 Å². The molecule has 0 aliphatic heterocycles. The number of alkyl halides is 3. The number of hydrogen-bond donors (Lipinski definition) is 1. The summed E-state index contributed by atoms with van der Waals surface area (Å²) in [7, 11) is 0. The van der Waals surface area contributed by atoms with Crippen LogP contribution in [0.1, 0.15) is 16.4 Å². The van der Waals surface area contributed by atoms with Crippen LogP contribution in [0, 0.1) is 10.1 Å². The van der Waals surface area contributed by atoms with Crippen LogP contribution in [-0.2, 0) is 6.18 Å². The summed E-state index contributed by atoms with van der Waals surface area (Å²) in [5.74, 6) is 0. The van der Waals surface area contributed by atoms with Crippen molar-refractivity contribution in [2.45, 2.75) is 16.3 Å². The molecule has 2 aromatic carbocycles. The molecule has 8 heteroatoms. The third kappa shape index (κ3) is 4.62. The number of nitrogen functional groups attached to an aromatic ring is 1. The van der Waals surface area contributed by atoms with Gasteiger partial charge in [-0.2, -0.15) is 13.2 Å². The van der Waals surface area contributed by atoms with Gasteiger partial charge < -0.3 is 5.73 Å². The van der Waals surface area contributed by atoms with Gasteiger partial charge in [0.1, 0.15) is 0 Å². The van der Waals surface area contributed by atoms with Crippen molar-refractivity contribution in [2.75, 3.05) is 12.3 Å². The van der Waals surface area contributed by atoms with Crippen molar-refractivity contribution in [3.05, 3.63) is 69.8 Å². The normalized spacial score (nSPS) is 12.8. The Morgan fingerprint density at radius 1 is 1.13 bits per heavy atom. The molecule has 0 unspecified atom stereocenters. The van der Waals surface area contributed by atoms with E-state index in [9.17, 15) is 23.3 Å². The van der Waals surface area contributed by atoms with Crippen molar-refractivity contribution < 1.29 is 18.1 Å². The van der Waals surface area contributed by atoms with E-state index >= 15 is 0 Å². The zero-order valence-corrected chi connectivity index (χ0v) is 12.6. The molecule has 0 saturated carbocycles. The highest BCUT2D eigenvalue weighted by Crippen LogP contribution is 2.42. The second-order valence-corrected chi connectivity index (χ2v) is 6.05. The Labute approximate surface area is 134 Å². The van der Waals surface area contributed by atoms with Crippen molar-refractivity contribution >= 4 is 17.4 Å². The SMILES string of the molecule is Nc1ccc(S[C@@H](C[N+](=O)[O-])c2ccccc2C(F)(F)F)cc1.